The van der Waals surface area contributed by atoms with E-state index >= 15 is 0 Å². The van der Waals surface area contributed by atoms with Crippen LogP contribution in [0.1, 0.15) is 22.3 Å². The Balaban J connectivity index is 2.72. The largest absolute Gasteiger partial charge is 0.351 e. The van der Waals surface area contributed by atoms with Crippen molar-refractivity contribution in [2.75, 3.05) is 18.6 Å². The molecule has 114 valence electrons. The molecule has 0 aliphatic heterocycles. The third-order valence-electron chi connectivity index (χ3n) is 2.93. The lowest BCUT2D eigenvalue weighted by Crippen LogP contribution is -2.47. The predicted molar refractivity (Wildman–Crippen MR) is 88.6 cm³/mol. The lowest BCUT2D eigenvalue weighted by Gasteiger charge is -2.18. The van der Waals surface area contributed by atoms with Gasteiger partial charge in [0.1, 0.15) is 6.04 Å². The van der Waals surface area contributed by atoms with E-state index in [1.54, 1.807) is 23.9 Å². The first kappa shape index (κ1) is 17.3. The summed E-state index contributed by atoms with van der Waals surface area (Å²) in [5.41, 5.74) is 1.58. The Labute approximate surface area is 130 Å². The van der Waals surface area contributed by atoms with Crippen LogP contribution in [-0.4, -0.2) is 36.4 Å². The smallest absolute Gasteiger partial charge is 0.251 e. The van der Waals surface area contributed by atoms with Crippen molar-refractivity contribution in [3.05, 3.63) is 48.0 Å². The molecule has 2 amide bonds. The van der Waals surface area contributed by atoms with Gasteiger partial charge in [0.15, 0.2) is 0 Å². The van der Waals surface area contributed by atoms with Gasteiger partial charge in [-0.15, -0.1) is 6.58 Å². The minimum absolute atomic E-state index is 0.176. The second-order valence-electron chi connectivity index (χ2n) is 4.71. The number of rotatable bonds is 8. The van der Waals surface area contributed by atoms with E-state index in [1.165, 1.54) is 0 Å². The number of nitrogens with one attached hydrogen (secondary N) is 2. The van der Waals surface area contributed by atoms with Gasteiger partial charge in [-0.3, -0.25) is 9.59 Å². The van der Waals surface area contributed by atoms with E-state index in [1.807, 2.05) is 31.4 Å². The van der Waals surface area contributed by atoms with E-state index in [-0.39, 0.29) is 11.8 Å². The van der Waals surface area contributed by atoms with Crippen LogP contribution in [0, 0.1) is 6.92 Å². The average molecular weight is 306 g/mol. The topological polar surface area (TPSA) is 58.2 Å². The Kier molecular flexibility index (Phi) is 7.61. The van der Waals surface area contributed by atoms with Crippen LogP contribution in [0.4, 0.5) is 0 Å². The maximum Gasteiger partial charge on any atom is 0.251 e. The van der Waals surface area contributed by atoms with Crippen molar-refractivity contribution in [1.82, 2.24) is 10.6 Å². The van der Waals surface area contributed by atoms with E-state index in [0.29, 0.717) is 18.5 Å². The maximum absolute atomic E-state index is 12.2. The molecule has 0 saturated carbocycles. The minimum atomic E-state index is -0.523. The number of amides is 2. The second kappa shape index (κ2) is 9.23. The molecule has 0 fully saturated rings. The second-order valence-corrected chi connectivity index (χ2v) is 5.70. The molecule has 5 heteroatoms. The van der Waals surface area contributed by atoms with Crippen LogP contribution in [0.3, 0.4) is 0 Å². The average Bonchev–Trinajstić information content (AvgIpc) is 2.48. The van der Waals surface area contributed by atoms with Crippen molar-refractivity contribution in [2.24, 2.45) is 0 Å². The van der Waals surface area contributed by atoms with Gasteiger partial charge in [0.05, 0.1) is 0 Å². The van der Waals surface area contributed by atoms with E-state index in [2.05, 4.69) is 17.2 Å². The Morgan fingerprint density at radius 3 is 2.81 bits per heavy atom. The number of thioether (sulfide) groups is 1. The third kappa shape index (κ3) is 6.04. The van der Waals surface area contributed by atoms with Crippen LogP contribution < -0.4 is 10.6 Å². The number of carbonyl (C=O) groups is 2. The summed E-state index contributed by atoms with van der Waals surface area (Å²) in [7, 11) is 0. The number of benzene rings is 1. The highest BCUT2D eigenvalue weighted by Crippen LogP contribution is 2.06. The van der Waals surface area contributed by atoms with Crippen molar-refractivity contribution in [1.29, 1.82) is 0 Å². The summed E-state index contributed by atoms with van der Waals surface area (Å²) in [6.45, 7) is 5.89. The molecule has 0 saturated heterocycles. The van der Waals surface area contributed by atoms with Crippen LogP contribution in [0.25, 0.3) is 0 Å². The first-order chi connectivity index (χ1) is 10.1. The van der Waals surface area contributed by atoms with E-state index in [9.17, 15) is 9.59 Å². The summed E-state index contributed by atoms with van der Waals surface area (Å²) in [5, 5.41) is 5.53. The standard InChI is InChI=1S/C16H22N2O2S/c1-4-9-17-16(20)14(8-10-21-3)18-15(19)13-7-5-6-12(2)11-13/h4-7,11,14H,1,8-10H2,2-3H3,(H,17,20)(H,18,19). The van der Waals surface area contributed by atoms with Gasteiger partial charge in [0.2, 0.25) is 5.91 Å². The molecule has 0 aliphatic carbocycles. The molecule has 0 bridgehead atoms. The van der Waals surface area contributed by atoms with Crippen molar-refractivity contribution >= 4 is 23.6 Å². The molecule has 21 heavy (non-hydrogen) atoms. The Bertz CT molecular complexity index is 503. The molecular weight excluding hydrogens is 284 g/mol. The zero-order valence-electron chi connectivity index (χ0n) is 12.5. The van der Waals surface area contributed by atoms with Gasteiger partial charge in [-0.05, 0) is 37.5 Å². The summed E-state index contributed by atoms with van der Waals surface area (Å²) < 4.78 is 0. The predicted octanol–water partition coefficient (Wildman–Crippen LogP) is 2.15. The number of hydrogen-bond acceptors (Lipinski definition) is 3. The summed E-state index contributed by atoms with van der Waals surface area (Å²) in [6.07, 6.45) is 4.19. The van der Waals surface area contributed by atoms with E-state index in [0.717, 1.165) is 11.3 Å². The van der Waals surface area contributed by atoms with Gasteiger partial charge in [0, 0.05) is 12.1 Å². The number of hydrogen-bond donors (Lipinski definition) is 2. The van der Waals surface area contributed by atoms with Crippen molar-refractivity contribution in [3.63, 3.8) is 0 Å². The molecule has 1 aromatic carbocycles. The summed E-state index contributed by atoms with van der Waals surface area (Å²) >= 11 is 1.65. The minimum Gasteiger partial charge on any atom is -0.351 e. The first-order valence-electron chi connectivity index (χ1n) is 6.83. The van der Waals surface area contributed by atoms with Crippen LogP contribution >= 0.6 is 11.8 Å². The fourth-order valence-electron chi connectivity index (χ4n) is 1.83. The Morgan fingerprint density at radius 1 is 1.43 bits per heavy atom. The van der Waals surface area contributed by atoms with E-state index < -0.39 is 6.04 Å². The third-order valence-corrected chi connectivity index (χ3v) is 3.58. The highest BCUT2D eigenvalue weighted by molar-refractivity contribution is 7.98. The fraction of sp³-hybridized carbons (Fsp3) is 0.375. The summed E-state index contributed by atoms with van der Waals surface area (Å²) in [4.78, 5) is 24.3. The molecular formula is C16H22N2O2S. The first-order valence-corrected chi connectivity index (χ1v) is 8.23. The number of carbonyl (C=O) groups excluding carboxylic acids is 2. The molecule has 0 aromatic heterocycles. The summed E-state index contributed by atoms with van der Waals surface area (Å²) in [5.74, 6) is 0.406. The van der Waals surface area contributed by atoms with Gasteiger partial charge >= 0.3 is 0 Å². The maximum atomic E-state index is 12.2. The molecule has 4 nitrogen and oxygen atoms in total. The van der Waals surface area contributed by atoms with Gasteiger partial charge in [-0.25, -0.2) is 0 Å². The van der Waals surface area contributed by atoms with Crippen LogP contribution in [0.15, 0.2) is 36.9 Å². The Hall–Kier alpha value is -1.75. The van der Waals surface area contributed by atoms with Crippen LogP contribution in [-0.2, 0) is 4.79 Å². The van der Waals surface area contributed by atoms with Crippen molar-refractivity contribution in [2.45, 2.75) is 19.4 Å². The molecule has 1 unspecified atom stereocenters. The Morgan fingerprint density at radius 2 is 2.19 bits per heavy atom. The SMILES string of the molecule is C=CCNC(=O)C(CCSC)NC(=O)c1cccc(C)c1. The molecule has 0 radical (unpaired) electrons. The molecule has 1 atom stereocenters. The normalized spacial score (nSPS) is 11.5. The molecule has 1 aromatic rings. The van der Waals surface area contributed by atoms with Crippen LogP contribution in [0.2, 0.25) is 0 Å². The van der Waals surface area contributed by atoms with Gasteiger partial charge in [-0.1, -0.05) is 23.8 Å². The zero-order valence-corrected chi connectivity index (χ0v) is 13.3. The zero-order chi connectivity index (χ0) is 15.7. The summed E-state index contributed by atoms with van der Waals surface area (Å²) in [6, 6.07) is 6.79. The lowest BCUT2D eigenvalue weighted by molar-refractivity contribution is -0.122. The van der Waals surface area contributed by atoms with Crippen molar-refractivity contribution in [3.8, 4) is 0 Å². The lowest BCUT2D eigenvalue weighted by atomic mass is 10.1. The van der Waals surface area contributed by atoms with Crippen molar-refractivity contribution < 1.29 is 9.59 Å². The van der Waals surface area contributed by atoms with Crippen LogP contribution in [0.5, 0.6) is 0 Å². The number of aryl methyl sites for hydroxylation is 1. The molecule has 0 heterocycles. The monoisotopic (exact) mass is 306 g/mol. The van der Waals surface area contributed by atoms with Gasteiger partial charge < -0.3 is 10.6 Å². The van der Waals surface area contributed by atoms with Gasteiger partial charge in [-0.2, -0.15) is 11.8 Å². The molecule has 1 rings (SSSR count). The van der Waals surface area contributed by atoms with E-state index in [4.69, 9.17) is 0 Å². The molecule has 0 aliphatic rings. The highest BCUT2D eigenvalue weighted by atomic mass is 32.2. The quantitative estimate of drug-likeness (QED) is 0.724. The van der Waals surface area contributed by atoms with Gasteiger partial charge in [0.25, 0.3) is 5.91 Å². The molecule has 2 N–H and O–H groups in total. The molecule has 0 spiro atoms. The highest BCUT2D eigenvalue weighted by Gasteiger charge is 2.20. The fourth-order valence-corrected chi connectivity index (χ4v) is 2.30.